The van der Waals surface area contributed by atoms with Crippen molar-refractivity contribution in [3.8, 4) is 11.1 Å². The topological polar surface area (TPSA) is 37.3 Å². The van der Waals surface area contributed by atoms with Gasteiger partial charge >= 0.3 is 5.97 Å². The van der Waals surface area contributed by atoms with Gasteiger partial charge in [-0.15, -0.1) is 11.8 Å². The molecule has 0 aliphatic heterocycles. The molecule has 0 aliphatic rings. The third kappa shape index (κ3) is 4.97. The molecule has 0 aliphatic carbocycles. The summed E-state index contributed by atoms with van der Waals surface area (Å²) in [6.07, 6.45) is 1.32. The molecule has 0 radical (unpaired) electrons. The van der Waals surface area contributed by atoms with Gasteiger partial charge in [-0.3, -0.25) is 4.79 Å². The van der Waals surface area contributed by atoms with E-state index in [2.05, 4.69) is 36.4 Å². The van der Waals surface area contributed by atoms with Crippen molar-refractivity contribution in [3.63, 3.8) is 0 Å². The summed E-state index contributed by atoms with van der Waals surface area (Å²) < 4.78 is 0.673. The molecule has 2 aromatic carbocycles. The molecule has 4 heteroatoms. The molecule has 0 spiro atoms. The molecule has 0 aromatic heterocycles. The fraction of sp³-hybridized carbons (Fsp3) is 0.222. The fourth-order valence-electron chi connectivity index (χ4n) is 2.23. The van der Waals surface area contributed by atoms with Crippen LogP contribution in [0.1, 0.15) is 18.9 Å². The smallest absolute Gasteiger partial charge is 0.317 e. The minimum Gasteiger partial charge on any atom is -0.480 e. The van der Waals surface area contributed by atoms with Gasteiger partial charge in [-0.1, -0.05) is 66.8 Å². The van der Waals surface area contributed by atoms with Crippen LogP contribution in [-0.4, -0.2) is 20.5 Å². The van der Waals surface area contributed by atoms with E-state index in [0.29, 0.717) is 10.6 Å². The third-order valence-corrected chi connectivity index (χ3v) is 4.68. The second-order valence-corrected chi connectivity index (χ2v) is 7.33. The number of hydrogen-bond acceptors (Lipinski definition) is 3. The number of rotatable bonds is 6. The molecule has 0 bridgehead atoms. The van der Waals surface area contributed by atoms with Gasteiger partial charge < -0.3 is 5.11 Å². The van der Waals surface area contributed by atoms with Crippen LogP contribution in [-0.2, 0) is 11.2 Å². The molecule has 2 rings (SSSR count). The molecule has 1 unspecified atom stereocenters. The maximum atomic E-state index is 11.2. The Bertz CT molecular complexity index is 636. The van der Waals surface area contributed by atoms with Crippen LogP contribution in [0.2, 0.25) is 0 Å². The second-order valence-electron chi connectivity index (χ2n) is 5.04. The summed E-state index contributed by atoms with van der Waals surface area (Å²) in [6.45, 7) is 1.77. The first kappa shape index (κ1) is 16.7. The Morgan fingerprint density at radius 2 is 1.68 bits per heavy atom. The van der Waals surface area contributed by atoms with Crippen LogP contribution >= 0.6 is 24.0 Å². The zero-order valence-electron chi connectivity index (χ0n) is 12.4. The summed E-state index contributed by atoms with van der Waals surface area (Å²) in [5, 5.41) is 8.75. The van der Waals surface area contributed by atoms with Gasteiger partial charge in [-0.2, -0.15) is 0 Å². The number of hydrogen-bond donors (Lipinski definition) is 1. The van der Waals surface area contributed by atoms with Gasteiger partial charge in [0.05, 0.1) is 0 Å². The second kappa shape index (κ2) is 8.11. The first-order valence-electron chi connectivity index (χ1n) is 7.10. The fourth-order valence-corrected chi connectivity index (χ4v) is 3.31. The Morgan fingerprint density at radius 3 is 2.23 bits per heavy atom. The van der Waals surface area contributed by atoms with Crippen LogP contribution in [0.5, 0.6) is 0 Å². The van der Waals surface area contributed by atoms with E-state index in [1.165, 1.54) is 22.9 Å². The molecular weight excluding hydrogens is 312 g/mol. The van der Waals surface area contributed by atoms with Crippen LogP contribution in [0.15, 0.2) is 54.6 Å². The van der Waals surface area contributed by atoms with Gasteiger partial charge in [0.1, 0.15) is 5.25 Å². The normalized spacial score (nSPS) is 11.9. The van der Waals surface area contributed by atoms with Gasteiger partial charge in [-0.05, 0) is 36.5 Å². The highest BCUT2D eigenvalue weighted by molar-refractivity contribution is 8.23. The zero-order valence-corrected chi connectivity index (χ0v) is 14.0. The monoisotopic (exact) mass is 330 g/mol. The number of aryl methyl sites for hydroxylation is 1. The summed E-state index contributed by atoms with van der Waals surface area (Å²) in [5.74, 6) is -0.796. The van der Waals surface area contributed by atoms with E-state index >= 15 is 0 Å². The van der Waals surface area contributed by atoms with Crippen molar-refractivity contribution in [1.29, 1.82) is 0 Å². The molecule has 0 fully saturated rings. The lowest BCUT2D eigenvalue weighted by atomic mass is 10.0. The highest BCUT2D eigenvalue weighted by Gasteiger charge is 2.18. The third-order valence-electron chi connectivity index (χ3n) is 3.34. The van der Waals surface area contributed by atoms with Gasteiger partial charge in [0.25, 0.3) is 0 Å². The summed E-state index contributed by atoms with van der Waals surface area (Å²) in [6, 6.07) is 18.5. The van der Waals surface area contributed by atoms with Crippen LogP contribution in [0.3, 0.4) is 0 Å². The summed E-state index contributed by atoms with van der Waals surface area (Å²) in [4.78, 5) is 11.2. The van der Waals surface area contributed by atoms with E-state index in [9.17, 15) is 9.90 Å². The average Bonchev–Trinajstić information content (AvgIpc) is 2.52. The molecule has 1 atom stereocenters. The van der Waals surface area contributed by atoms with Crippen LogP contribution in [0, 0.1) is 0 Å². The standard InChI is InChI=1S/C18H18O2S2/c1-13(21)22-17(18(19)20)12-9-14-7-10-16(11-8-14)15-5-3-2-4-6-15/h2-8,10-11,17H,9,12H2,1H3,(H,19,20). The Hall–Kier alpha value is -1.65. The number of benzene rings is 2. The summed E-state index contributed by atoms with van der Waals surface area (Å²) >= 11 is 6.25. The maximum Gasteiger partial charge on any atom is 0.317 e. The van der Waals surface area contributed by atoms with Crippen molar-refractivity contribution < 1.29 is 9.90 Å². The Balaban J connectivity index is 1.99. The highest BCUT2D eigenvalue weighted by atomic mass is 32.2. The number of carboxylic acids is 1. The minimum atomic E-state index is -0.796. The lowest BCUT2D eigenvalue weighted by Gasteiger charge is -2.11. The van der Waals surface area contributed by atoms with Gasteiger partial charge in [0, 0.05) is 4.20 Å². The number of carbonyl (C=O) groups is 1. The first-order chi connectivity index (χ1) is 10.6. The number of aliphatic carboxylic acids is 1. The Kier molecular flexibility index (Phi) is 6.16. The van der Waals surface area contributed by atoms with Gasteiger partial charge in [0.15, 0.2) is 0 Å². The van der Waals surface area contributed by atoms with Crippen molar-refractivity contribution in [2.45, 2.75) is 25.0 Å². The van der Waals surface area contributed by atoms with E-state index < -0.39 is 11.2 Å². The van der Waals surface area contributed by atoms with Crippen molar-refractivity contribution in [2.24, 2.45) is 0 Å². The Morgan fingerprint density at radius 1 is 1.09 bits per heavy atom. The molecular formula is C18H18O2S2. The van der Waals surface area contributed by atoms with E-state index in [0.717, 1.165) is 12.0 Å². The average molecular weight is 330 g/mol. The molecule has 0 saturated carbocycles. The van der Waals surface area contributed by atoms with Crippen molar-refractivity contribution >= 4 is 34.1 Å². The first-order valence-corrected chi connectivity index (χ1v) is 8.39. The SMILES string of the molecule is CC(=S)SC(CCc1ccc(-c2ccccc2)cc1)C(=O)O. The van der Waals surface area contributed by atoms with Gasteiger partial charge in [-0.25, -0.2) is 0 Å². The van der Waals surface area contributed by atoms with E-state index in [-0.39, 0.29) is 0 Å². The van der Waals surface area contributed by atoms with Crippen LogP contribution in [0.25, 0.3) is 11.1 Å². The maximum absolute atomic E-state index is 11.2. The van der Waals surface area contributed by atoms with Crippen LogP contribution in [0.4, 0.5) is 0 Å². The van der Waals surface area contributed by atoms with E-state index in [1.807, 2.05) is 18.2 Å². The highest BCUT2D eigenvalue weighted by Crippen LogP contribution is 2.22. The van der Waals surface area contributed by atoms with Crippen molar-refractivity contribution in [2.75, 3.05) is 0 Å². The van der Waals surface area contributed by atoms with Gasteiger partial charge in [0.2, 0.25) is 0 Å². The number of thioether (sulfide) groups is 1. The summed E-state index contributed by atoms with van der Waals surface area (Å²) in [5.41, 5.74) is 3.50. The zero-order chi connectivity index (χ0) is 15.9. The quantitative estimate of drug-likeness (QED) is 0.771. The predicted octanol–water partition coefficient (Wildman–Crippen LogP) is 4.82. The van der Waals surface area contributed by atoms with E-state index in [4.69, 9.17) is 12.2 Å². The summed E-state index contributed by atoms with van der Waals surface area (Å²) in [7, 11) is 0. The molecule has 0 heterocycles. The molecule has 2 aromatic rings. The molecule has 0 saturated heterocycles. The van der Waals surface area contributed by atoms with Crippen molar-refractivity contribution in [3.05, 3.63) is 60.2 Å². The lowest BCUT2D eigenvalue weighted by molar-refractivity contribution is -0.136. The lowest BCUT2D eigenvalue weighted by Crippen LogP contribution is -2.18. The molecule has 114 valence electrons. The largest absolute Gasteiger partial charge is 0.480 e. The minimum absolute atomic E-state index is 0.466. The van der Waals surface area contributed by atoms with Crippen LogP contribution < -0.4 is 0 Å². The molecule has 0 amide bonds. The Labute approximate surface area is 140 Å². The molecule has 2 nitrogen and oxygen atoms in total. The van der Waals surface area contributed by atoms with Crippen molar-refractivity contribution in [1.82, 2.24) is 0 Å². The van der Waals surface area contributed by atoms with E-state index in [1.54, 1.807) is 6.92 Å². The molecule has 1 N–H and O–H groups in total. The number of carboxylic acid groups (broad SMARTS) is 1. The number of thiocarbonyl (C=S) groups is 1. The molecule has 22 heavy (non-hydrogen) atoms. The predicted molar refractivity (Wildman–Crippen MR) is 97.5 cm³/mol.